The van der Waals surface area contributed by atoms with Crippen molar-refractivity contribution in [2.45, 2.75) is 176 Å². The van der Waals surface area contributed by atoms with Gasteiger partial charge in [0.15, 0.2) is 11.2 Å². The fraction of sp³-hybridized carbons (Fsp3) is 0.404. The van der Waals surface area contributed by atoms with E-state index in [1.807, 2.05) is 168 Å². The second-order valence-electron chi connectivity index (χ2n) is 36.8. The summed E-state index contributed by atoms with van der Waals surface area (Å²) in [7, 11) is -2.65. The molecule has 2 aliphatic heterocycles. The summed E-state index contributed by atoms with van der Waals surface area (Å²) >= 11 is 0. The second-order valence-corrected chi connectivity index (χ2v) is 36.8. The van der Waals surface area contributed by atoms with E-state index in [2.05, 4.69) is 135 Å². The van der Waals surface area contributed by atoms with Crippen LogP contribution in [0.25, 0.3) is 88.2 Å². The molecule has 6 atom stereocenters. The van der Waals surface area contributed by atoms with Crippen LogP contribution in [0.4, 0.5) is 0 Å². The van der Waals surface area contributed by atoms with E-state index in [0.717, 1.165) is 84.0 Å². The highest BCUT2D eigenvalue weighted by atomic mass is 16.7. The maximum atomic E-state index is 12.6. The molecule has 12 aromatic rings. The topological polar surface area (TPSA) is 165 Å². The lowest BCUT2D eigenvalue weighted by Gasteiger charge is -2.31. The van der Waals surface area contributed by atoms with Crippen LogP contribution in [-0.4, -0.2) is 46.6 Å². The van der Waals surface area contributed by atoms with Gasteiger partial charge in [-0.05, 0) is 215 Å². The number of nitrogens with zero attached hydrogens (tertiary/aromatic N) is 6. The number of hydrogen-bond donors (Lipinski definition) is 0. The van der Waals surface area contributed by atoms with Gasteiger partial charge in [0.2, 0.25) is 11.8 Å². The summed E-state index contributed by atoms with van der Waals surface area (Å²) < 4.78 is 61.4. The molecule has 0 saturated carbocycles. The monoisotopic (exact) mass is 1470 g/mol. The number of nitriles is 2. The Kier molecular flexibility index (Phi) is 21.2. The lowest BCUT2D eigenvalue weighted by Crippen LogP contribution is -2.44. The average molecular weight is 1470 g/mol. The maximum absolute atomic E-state index is 12.6. The zero-order valence-corrected chi connectivity index (χ0v) is 67.7. The first-order valence-corrected chi connectivity index (χ1v) is 39.6. The summed E-state index contributed by atoms with van der Waals surface area (Å²) in [6.45, 7) is 42.4. The summed E-state index contributed by atoms with van der Waals surface area (Å²) in [5, 5.41) is 30.5. The molecule has 6 heterocycles. The largest absolute Gasteiger partial charge is 0.743 e. The number of hydrogen-bond acceptors (Lipinski definition) is 12. The number of rotatable bonds is 24. The van der Waals surface area contributed by atoms with E-state index in [-0.39, 0.29) is 56.4 Å². The van der Waals surface area contributed by atoms with E-state index in [4.69, 9.17) is 46.9 Å². The van der Waals surface area contributed by atoms with Gasteiger partial charge in [-0.2, -0.15) is 10.5 Å². The fourth-order valence-electron chi connectivity index (χ4n) is 17.5. The summed E-state index contributed by atoms with van der Waals surface area (Å²) in [6, 6.07) is 57.4. The van der Waals surface area contributed by atoms with E-state index in [0.29, 0.717) is 138 Å². The average Bonchev–Trinajstić information content (AvgIpc) is 1.52. The van der Waals surface area contributed by atoms with Crippen LogP contribution >= 0.6 is 0 Å². The van der Waals surface area contributed by atoms with Gasteiger partial charge in [-0.1, -0.05) is 209 Å². The predicted octanol–water partition coefficient (Wildman–Crippen LogP) is 22.9. The molecule has 4 aromatic heterocycles. The number of aromatic nitrogens is 4. The highest BCUT2D eigenvalue weighted by Gasteiger charge is 2.46. The van der Waals surface area contributed by atoms with E-state index in [9.17, 15) is 10.5 Å². The first-order chi connectivity index (χ1) is 52.3. The molecule has 16 heteroatoms. The van der Waals surface area contributed by atoms with Crippen molar-refractivity contribution >= 4 is 80.2 Å². The van der Waals surface area contributed by atoms with Gasteiger partial charge < -0.3 is 45.9 Å². The van der Waals surface area contributed by atoms with Crippen molar-refractivity contribution in [3.05, 3.63) is 191 Å². The van der Waals surface area contributed by atoms with Crippen LogP contribution in [-0.2, 0) is 0 Å². The zero-order chi connectivity index (χ0) is 77.9. The Balaban J connectivity index is 1.09. The van der Waals surface area contributed by atoms with Gasteiger partial charge in [-0.15, -0.1) is 0 Å². The third-order valence-corrected chi connectivity index (χ3v) is 21.9. The Hall–Kier alpha value is -10.3. The molecule has 0 amide bonds. The van der Waals surface area contributed by atoms with Crippen LogP contribution in [0, 0.1) is 93.7 Å². The molecule has 0 radical (unpaired) electrons. The van der Waals surface area contributed by atoms with E-state index >= 15 is 0 Å². The quantitative estimate of drug-likeness (QED) is 0.0527. The van der Waals surface area contributed by atoms with Gasteiger partial charge in [0, 0.05) is 21.9 Å². The molecule has 6 unspecified atom stereocenters. The van der Waals surface area contributed by atoms with E-state index in [1.165, 1.54) is 0 Å². The van der Waals surface area contributed by atoms with E-state index in [1.54, 1.807) is 0 Å². The van der Waals surface area contributed by atoms with Gasteiger partial charge in [0.05, 0.1) is 35.3 Å². The van der Waals surface area contributed by atoms with Crippen molar-refractivity contribution in [2.24, 2.45) is 57.2 Å². The Labute approximate surface area is 649 Å². The molecular formula is C94H106B2N6O8. The van der Waals surface area contributed by atoms with Crippen molar-refractivity contribution in [1.82, 2.24) is 18.9 Å². The summed E-state index contributed by atoms with van der Waals surface area (Å²) in [5.41, 5.74) is 6.92. The minimum atomic E-state index is -1.33. The van der Waals surface area contributed by atoms with Crippen LogP contribution in [0.2, 0.25) is 0 Å². The Bertz CT molecular complexity index is 5230. The Morgan fingerprint density at radius 1 is 0.427 bits per heavy atom. The molecule has 0 fully saturated rings. The van der Waals surface area contributed by atoms with Crippen LogP contribution in [0.5, 0.6) is 34.5 Å². The molecular weight excluding hydrogens is 1360 g/mol. The standard InChI is InChI=1S/C94H106B2N6O8/c1-57-35-39-77-75(41-57)99-89(105-77)73(53-97)87-83-84(86(101(87)95-107-79-45-63-25-19-20-26-64(63)46-80(79)108-95)68-30-24-32-72(44-68)104-56-70(62(6)52-94(16,17)18)38-34-60(4)50-92(10,11)12)88(74(54-98)90-100-76-42-58(2)36-40-78(76)106-90)102(96-109-81-47-65-27-21-22-28-66(65)48-82(81)110-96)85(83)67-29-23-31-71(43-67)103-55-69(61(5)51-93(13,14)15)37-33-59(3)49-91(7,8)9/h19-32,35-36,39-48,59-62,69-70H,33-34,37-38,49-52,55-56H2,1-18H3/b87-73-,88-74-. The molecule has 0 aliphatic carbocycles. The highest BCUT2D eigenvalue weighted by Crippen LogP contribution is 2.46. The molecule has 566 valence electrons. The van der Waals surface area contributed by atoms with Gasteiger partial charge in [-0.3, -0.25) is 0 Å². The molecule has 14 nitrogen and oxygen atoms in total. The van der Waals surface area contributed by atoms with Crippen LogP contribution in [0.3, 0.4) is 0 Å². The van der Waals surface area contributed by atoms with Crippen LogP contribution in [0.1, 0.15) is 185 Å². The van der Waals surface area contributed by atoms with Crippen molar-refractivity contribution in [3.8, 4) is 69.2 Å². The zero-order valence-electron chi connectivity index (χ0n) is 67.7. The Morgan fingerprint density at radius 2 is 0.773 bits per heavy atom. The third kappa shape index (κ3) is 16.7. The molecule has 0 spiro atoms. The molecule has 2 aliphatic rings. The van der Waals surface area contributed by atoms with Crippen LogP contribution in [0.15, 0.2) is 167 Å². The summed E-state index contributed by atoms with van der Waals surface area (Å²) in [5.74, 6) is 5.49. The normalized spacial score (nSPS) is 15.5. The fourth-order valence-corrected chi connectivity index (χ4v) is 17.5. The number of ether oxygens (including phenoxy) is 2. The summed E-state index contributed by atoms with van der Waals surface area (Å²) in [4.78, 5) is 10.4. The maximum Gasteiger partial charge on any atom is 0.743 e. The highest BCUT2D eigenvalue weighted by molar-refractivity contribution is 6.49. The number of benzene rings is 8. The molecule has 0 N–H and O–H groups in total. The van der Waals surface area contributed by atoms with Crippen molar-refractivity contribution in [2.75, 3.05) is 13.2 Å². The molecule has 8 aromatic carbocycles. The first-order valence-electron chi connectivity index (χ1n) is 39.6. The minimum absolute atomic E-state index is 0.0413. The third-order valence-electron chi connectivity index (χ3n) is 21.9. The molecule has 14 rings (SSSR count). The van der Waals surface area contributed by atoms with Crippen LogP contribution < -0.4 is 38.8 Å². The number of fused-ring (bicyclic) bond motifs is 7. The Morgan fingerprint density at radius 3 is 1.10 bits per heavy atom. The van der Waals surface area contributed by atoms with Crippen molar-refractivity contribution in [1.29, 1.82) is 10.5 Å². The van der Waals surface area contributed by atoms with Gasteiger partial charge >= 0.3 is 14.5 Å². The molecule has 0 bridgehead atoms. The van der Waals surface area contributed by atoms with Crippen molar-refractivity contribution < 1.29 is 36.9 Å². The lowest BCUT2D eigenvalue weighted by molar-refractivity contribution is 0.147. The van der Waals surface area contributed by atoms with Crippen molar-refractivity contribution in [3.63, 3.8) is 0 Å². The second kappa shape index (κ2) is 30.5. The predicted molar refractivity (Wildman–Crippen MR) is 446 cm³/mol. The van der Waals surface area contributed by atoms with Gasteiger partial charge in [0.25, 0.3) is 0 Å². The number of oxazole rings is 2. The SMILES string of the molecule is Cc1ccc2oc(/C(C#N)=c3/c4c(-c5cccc(OCC(CCC(C)CC(C)(C)C)C(C)CC(C)(C)C)c5)n(B5Oc6cc7ccccc7cc6O5)/c(=C(/C#N)c5nc6cc(C)ccc6o5)c4c(-c4cccc(OCC(CCC(C)CC(C)(C)C)C(C)CC(C)(C)C)c4)n3B3Oc4cc5ccccc5cc4O3)nc2c1. The van der Waals surface area contributed by atoms with Gasteiger partial charge in [-0.25, -0.2) is 9.97 Å². The first kappa shape index (κ1) is 76.5. The molecule has 0 saturated heterocycles. The van der Waals surface area contributed by atoms with E-state index < -0.39 is 14.5 Å². The lowest BCUT2D eigenvalue weighted by atomic mass is 9.76. The number of aryl methyl sites for hydroxylation is 2. The van der Waals surface area contributed by atoms with Gasteiger partial charge in [0.1, 0.15) is 68.8 Å². The molecule has 110 heavy (non-hydrogen) atoms. The minimum Gasteiger partial charge on any atom is -0.503 e. The smallest absolute Gasteiger partial charge is 0.503 e. The summed E-state index contributed by atoms with van der Waals surface area (Å²) in [6.07, 6.45) is 8.45.